The molecule has 4 aromatic rings. The highest BCUT2D eigenvalue weighted by Gasteiger charge is 2.36. The third-order valence-corrected chi connectivity index (χ3v) is 6.43. The number of amides is 3. The number of aryl methyl sites for hydroxylation is 1. The number of imide groups is 1. The molecule has 0 saturated heterocycles. The Morgan fingerprint density at radius 1 is 0.938 bits per heavy atom. The number of nitrogens with zero attached hydrogens (tertiary/aromatic N) is 2. The lowest BCUT2D eigenvalue weighted by Gasteiger charge is -2.13. The third-order valence-electron chi connectivity index (χ3n) is 5.50. The van der Waals surface area contributed by atoms with E-state index in [-0.39, 0.29) is 23.9 Å². The summed E-state index contributed by atoms with van der Waals surface area (Å²) in [5, 5.41) is 3.30. The Hall–Kier alpha value is -3.84. The lowest BCUT2D eigenvalue weighted by atomic mass is 10.1. The second kappa shape index (κ2) is 8.01. The van der Waals surface area contributed by atoms with Gasteiger partial charge in [-0.25, -0.2) is 4.98 Å². The van der Waals surface area contributed by atoms with E-state index in [2.05, 4.69) is 23.3 Å². The standard InChI is InChI=1S/C25H19N3O3S/c1-2-15-8-11-20-21(12-15)32-25(26-20)27-22(29)17-9-10-18-19(13-17)24(31)28(23(18)30)14-16-6-4-3-5-7-16/h3-13H,2,14H2,1H3,(H,26,27,29). The van der Waals surface area contributed by atoms with Crippen molar-refractivity contribution in [3.05, 3.63) is 94.5 Å². The summed E-state index contributed by atoms with van der Waals surface area (Å²) in [6.45, 7) is 2.28. The molecule has 6 nitrogen and oxygen atoms in total. The Kier molecular flexibility index (Phi) is 5.03. The first-order valence-corrected chi connectivity index (χ1v) is 11.1. The van der Waals surface area contributed by atoms with Gasteiger partial charge in [0.05, 0.1) is 27.9 Å². The highest BCUT2D eigenvalue weighted by molar-refractivity contribution is 7.22. The summed E-state index contributed by atoms with van der Waals surface area (Å²) in [4.78, 5) is 44.1. The summed E-state index contributed by atoms with van der Waals surface area (Å²) in [5.74, 6) is -1.11. The summed E-state index contributed by atoms with van der Waals surface area (Å²) in [6.07, 6.45) is 0.929. The van der Waals surface area contributed by atoms with Crippen LogP contribution in [0.5, 0.6) is 0 Å². The molecule has 0 bridgehead atoms. The molecule has 3 amide bonds. The average molecular weight is 442 g/mol. The minimum atomic E-state index is -0.393. The summed E-state index contributed by atoms with van der Waals surface area (Å²) >= 11 is 1.41. The molecule has 0 fully saturated rings. The van der Waals surface area contributed by atoms with Gasteiger partial charge in [-0.15, -0.1) is 0 Å². The van der Waals surface area contributed by atoms with Gasteiger partial charge in [0.2, 0.25) is 0 Å². The van der Waals surface area contributed by atoms with Crippen LogP contribution in [-0.4, -0.2) is 27.6 Å². The topological polar surface area (TPSA) is 79.4 Å². The van der Waals surface area contributed by atoms with Crippen LogP contribution < -0.4 is 5.32 Å². The van der Waals surface area contributed by atoms with Crippen molar-refractivity contribution < 1.29 is 14.4 Å². The summed E-state index contributed by atoms with van der Waals surface area (Å²) in [6, 6.07) is 20.0. The quantitative estimate of drug-likeness (QED) is 0.447. The molecule has 0 unspecified atom stereocenters. The van der Waals surface area contributed by atoms with Crippen LogP contribution in [0.25, 0.3) is 10.2 Å². The van der Waals surface area contributed by atoms with Crippen LogP contribution in [0, 0.1) is 0 Å². The second-order valence-corrected chi connectivity index (χ2v) is 8.60. The predicted molar refractivity (Wildman–Crippen MR) is 124 cm³/mol. The van der Waals surface area contributed by atoms with Crippen molar-refractivity contribution >= 4 is 44.4 Å². The molecule has 1 N–H and O–H groups in total. The molecule has 32 heavy (non-hydrogen) atoms. The molecule has 0 atom stereocenters. The van der Waals surface area contributed by atoms with Crippen molar-refractivity contribution in [2.24, 2.45) is 0 Å². The van der Waals surface area contributed by atoms with Crippen LogP contribution in [0.1, 0.15) is 49.1 Å². The van der Waals surface area contributed by atoms with Gasteiger partial charge in [0.25, 0.3) is 17.7 Å². The SMILES string of the molecule is CCc1ccc2nc(NC(=O)c3ccc4c(c3)C(=O)N(Cc3ccccc3)C4=O)sc2c1. The number of nitrogens with one attached hydrogen (secondary N) is 1. The van der Waals surface area contributed by atoms with E-state index < -0.39 is 5.91 Å². The van der Waals surface area contributed by atoms with Gasteiger partial charge in [-0.05, 0) is 47.9 Å². The van der Waals surface area contributed by atoms with Gasteiger partial charge >= 0.3 is 0 Å². The first-order valence-electron chi connectivity index (χ1n) is 10.3. The van der Waals surface area contributed by atoms with Gasteiger partial charge < -0.3 is 0 Å². The molecule has 1 aliphatic rings. The van der Waals surface area contributed by atoms with Crippen molar-refractivity contribution in [3.8, 4) is 0 Å². The number of anilines is 1. The molecular weight excluding hydrogens is 422 g/mol. The number of rotatable bonds is 5. The highest BCUT2D eigenvalue weighted by Crippen LogP contribution is 2.29. The number of carbonyl (C=O) groups is 3. The fourth-order valence-corrected chi connectivity index (χ4v) is 4.68. The van der Waals surface area contributed by atoms with Gasteiger partial charge in [0.15, 0.2) is 5.13 Å². The lowest BCUT2D eigenvalue weighted by Crippen LogP contribution is -2.29. The van der Waals surface area contributed by atoms with Crippen molar-refractivity contribution in [1.29, 1.82) is 0 Å². The maximum atomic E-state index is 12.9. The fourth-order valence-electron chi connectivity index (χ4n) is 3.75. The maximum absolute atomic E-state index is 12.9. The minimum Gasteiger partial charge on any atom is -0.298 e. The van der Waals surface area contributed by atoms with Crippen LogP contribution in [0.15, 0.2) is 66.7 Å². The lowest BCUT2D eigenvalue weighted by molar-refractivity contribution is 0.0642. The molecule has 0 aliphatic carbocycles. The average Bonchev–Trinajstić information content (AvgIpc) is 3.32. The van der Waals surface area contributed by atoms with Crippen LogP contribution in [0.2, 0.25) is 0 Å². The van der Waals surface area contributed by atoms with E-state index in [0.717, 1.165) is 22.2 Å². The summed E-state index contributed by atoms with van der Waals surface area (Å²) in [7, 11) is 0. The van der Waals surface area contributed by atoms with Crippen LogP contribution in [0.3, 0.4) is 0 Å². The third kappa shape index (κ3) is 3.56. The Labute approximate surface area is 188 Å². The maximum Gasteiger partial charge on any atom is 0.261 e. The largest absolute Gasteiger partial charge is 0.298 e. The van der Waals surface area contributed by atoms with E-state index in [9.17, 15) is 14.4 Å². The molecular formula is C25H19N3O3S. The predicted octanol–water partition coefficient (Wildman–Crippen LogP) is 4.91. The summed E-state index contributed by atoms with van der Waals surface area (Å²) in [5.41, 5.74) is 3.77. The van der Waals surface area contributed by atoms with E-state index in [4.69, 9.17) is 0 Å². The molecule has 2 heterocycles. The normalized spacial score (nSPS) is 13.0. The van der Waals surface area contributed by atoms with Crippen LogP contribution >= 0.6 is 11.3 Å². The summed E-state index contributed by atoms with van der Waals surface area (Å²) < 4.78 is 1.01. The zero-order valence-electron chi connectivity index (χ0n) is 17.3. The monoisotopic (exact) mass is 441 g/mol. The van der Waals surface area contributed by atoms with Gasteiger partial charge in [0.1, 0.15) is 0 Å². The van der Waals surface area contributed by atoms with Crippen molar-refractivity contribution in [2.45, 2.75) is 19.9 Å². The molecule has 0 radical (unpaired) electrons. The molecule has 158 valence electrons. The number of hydrogen-bond acceptors (Lipinski definition) is 5. The van der Waals surface area contributed by atoms with Gasteiger partial charge in [-0.3, -0.25) is 24.6 Å². The van der Waals surface area contributed by atoms with E-state index in [1.807, 2.05) is 42.5 Å². The first-order chi connectivity index (χ1) is 15.5. The van der Waals surface area contributed by atoms with Crippen molar-refractivity contribution in [2.75, 3.05) is 5.32 Å². The Morgan fingerprint density at radius 3 is 2.50 bits per heavy atom. The highest BCUT2D eigenvalue weighted by atomic mass is 32.1. The van der Waals surface area contributed by atoms with E-state index in [1.54, 1.807) is 12.1 Å². The molecule has 1 aliphatic heterocycles. The van der Waals surface area contributed by atoms with E-state index >= 15 is 0 Å². The van der Waals surface area contributed by atoms with E-state index in [0.29, 0.717) is 16.3 Å². The number of thiazole rings is 1. The molecule has 0 spiro atoms. The van der Waals surface area contributed by atoms with E-state index in [1.165, 1.54) is 27.9 Å². The number of hydrogen-bond donors (Lipinski definition) is 1. The molecule has 3 aromatic carbocycles. The Morgan fingerprint density at radius 2 is 1.72 bits per heavy atom. The smallest absolute Gasteiger partial charge is 0.261 e. The van der Waals surface area contributed by atoms with Gasteiger partial charge in [0, 0.05) is 5.56 Å². The zero-order valence-corrected chi connectivity index (χ0v) is 18.1. The first kappa shape index (κ1) is 20.1. The number of benzene rings is 3. The number of carbonyl (C=O) groups excluding carboxylic acids is 3. The Bertz CT molecular complexity index is 1380. The van der Waals surface area contributed by atoms with Gasteiger partial charge in [-0.2, -0.15) is 0 Å². The van der Waals surface area contributed by atoms with Gasteiger partial charge in [-0.1, -0.05) is 54.7 Å². The number of fused-ring (bicyclic) bond motifs is 2. The van der Waals surface area contributed by atoms with Crippen LogP contribution in [0.4, 0.5) is 5.13 Å². The minimum absolute atomic E-state index is 0.195. The molecule has 0 saturated carbocycles. The molecule has 7 heteroatoms. The van der Waals surface area contributed by atoms with Crippen molar-refractivity contribution in [1.82, 2.24) is 9.88 Å². The van der Waals surface area contributed by atoms with Crippen molar-refractivity contribution in [3.63, 3.8) is 0 Å². The Balaban J connectivity index is 1.37. The molecule has 1 aromatic heterocycles. The molecule has 5 rings (SSSR count). The van der Waals surface area contributed by atoms with Crippen LogP contribution in [-0.2, 0) is 13.0 Å². The number of aromatic nitrogens is 1. The second-order valence-electron chi connectivity index (χ2n) is 7.57. The zero-order chi connectivity index (χ0) is 22.2. The fraction of sp³-hybridized carbons (Fsp3) is 0.120.